The quantitative estimate of drug-likeness (QED) is 0.164. The highest BCUT2D eigenvalue weighted by atomic mass is 32.1. The number of hydrogen-bond donors (Lipinski definition) is 8. The molecule has 0 radical (unpaired) electrons. The van der Waals surface area contributed by atoms with Gasteiger partial charge in [0.05, 0.1) is 12.7 Å². The van der Waals surface area contributed by atoms with Crippen LogP contribution in [0.1, 0.15) is 20.8 Å². The second kappa shape index (κ2) is 11.7. The van der Waals surface area contributed by atoms with Crippen molar-refractivity contribution in [1.82, 2.24) is 16.0 Å². The Bertz CT molecular complexity index is 544. The molecule has 0 spiro atoms. The summed E-state index contributed by atoms with van der Waals surface area (Å²) in [4.78, 5) is 47.5. The van der Waals surface area contributed by atoms with Crippen LogP contribution in [-0.4, -0.2) is 81.6 Å². The lowest BCUT2D eigenvalue weighted by Crippen LogP contribution is -2.60. The van der Waals surface area contributed by atoms with Crippen molar-refractivity contribution in [2.75, 3.05) is 12.4 Å². The van der Waals surface area contributed by atoms with Crippen molar-refractivity contribution in [3.63, 3.8) is 0 Å². The maximum atomic E-state index is 12.3. The number of aliphatic carboxylic acids is 1. The summed E-state index contributed by atoms with van der Waals surface area (Å²) in [6.07, 6.45) is -1.17. The van der Waals surface area contributed by atoms with Crippen LogP contribution in [0.5, 0.6) is 0 Å². The monoisotopic (exact) mass is 408 g/mol. The van der Waals surface area contributed by atoms with Gasteiger partial charge in [-0.05, 0) is 12.8 Å². The van der Waals surface area contributed by atoms with Crippen LogP contribution in [-0.2, 0) is 19.2 Å². The van der Waals surface area contributed by atoms with Crippen molar-refractivity contribution in [2.24, 2.45) is 11.7 Å². The Morgan fingerprint density at radius 2 is 1.48 bits per heavy atom. The number of amides is 3. The van der Waals surface area contributed by atoms with Gasteiger partial charge in [0.1, 0.15) is 24.2 Å². The standard InChI is InChI=1S/C15H28N4O7S/c1-6(2)11(14(24)18-9(5-27)15(25)26)19-12(22)8(4-20)17-13(23)10(16)7(3)21/h6-11,20-21,27H,4-5,16H2,1-3H3,(H,17,23)(H,18,24)(H,19,22)(H,25,26). The Kier molecular flexibility index (Phi) is 10.9. The largest absolute Gasteiger partial charge is 0.480 e. The van der Waals surface area contributed by atoms with Crippen LogP contribution in [0.4, 0.5) is 0 Å². The molecule has 0 bridgehead atoms. The first-order chi connectivity index (χ1) is 12.5. The lowest BCUT2D eigenvalue weighted by Gasteiger charge is -2.26. The molecule has 0 aromatic heterocycles. The number of thiol groups is 1. The summed E-state index contributed by atoms with van der Waals surface area (Å²) in [5.41, 5.74) is 5.46. The predicted molar refractivity (Wildman–Crippen MR) is 98.9 cm³/mol. The molecular weight excluding hydrogens is 380 g/mol. The summed E-state index contributed by atoms with van der Waals surface area (Å²) < 4.78 is 0. The van der Waals surface area contributed by atoms with E-state index in [0.717, 1.165) is 0 Å². The van der Waals surface area contributed by atoms with E-state index in [1.165, 1.54) is 6.92 Å². The second-order valence-corrected chi connectivity index (χ2v) is 6.69. The van der Waals surface area contributed by atoms with E-state index in [2.05, 4.69) is 28.6 Å². The molecule has 12 heteroatoms. The van der Waals surface area contributed by atoms with Gasteiger partial charge in [0.2, 0.25) is 17.7 Å². The van der Waals surface area contributed by atoms with E-state index < -0.39 is 66.5 Å². The Labute approximate surface area is 162 Å². The number of carbonyl (C=O) groups excluding carboxylic acids is 3. The van der Waals surface area contributed by atoms with Crippen LogP contribution in [0.2, 0.25) is 0 Å². The van der Waals surface area contributed by atoms with Gasteiger partial charge in [0.25, 0.3) is 0 Å². The molecule has 0 fully saturated rings. The number of aliphatic hydroxyl groups excluding tert-OH is 2. The lowest BCUT2D eigenvalue weighted by atomic mass is 10.0. The van der Waals surface area contributed by atoms with E-state index in [9.17, 15) is 29.4 Å². The molecule has 0 aliphatic rings. The van der Waals surface area contributed by atoms with Crippen LogP contribution < -0.4 is 21.7 Å². The molecular formula is C15H28N4O7S. The van der Waals surface area contributed by atoms with E-state index in [1.807, 2.05) is 0 Å². The molecule has 5 unspecified atom stereocenters. The van der Waals surface area contributed by atoms with Gasteiger partial charge in [-0.2, -0.15) is 12.6 Å². The second-order valence-electron chi connectivity index (χ2n) is 6.32. The fourth-order valence-corrected chi connectivity index (χ4v) is 2.16. The van der Waals surface area contributed by atoms with Crippen LogP contribution in [0, 0.1) is 5.92 Å². The number of carboxylic acid groups (broad SMARTS) is 1. The van der Waals surface area contributed by atoms with Crippen molar-refractivity contribution in [2.45, 2.75) is 51.0 Å². The van der Waals surface area contributed by atoms with Crippen molar-refractivity contribution in [3.8, 4) is 0 Å². The summed E-state index contributed by atoms with van der Waals surface area (Å²) >= 11 is 3.84. The zero-order chi connectivity index (χ0) is 21.3. The van der Waals surface area contributed by atoms with Gasteiger partial charge in [-0.25, -0.2) is 4.79 Å². The Hall–Kier alpha value is -1.89. The third kappa shape index (κ3) is 8.12. The van der Waals surface area contributed by atoms with Crippen LogP contribution >= 0.6 is 12.6 Å². The zero-order valence-corrected chi connectivity index (χ0v) is 16.3. The van der Waals surface area contributed by atoms with E-state index in [0.29, 0.717) is 0 Å². The highest BCUT2D eigenvalue weighted by molar-refractivity contribution is 7.80. The topological polar surface area (TPSA) is 191 Å². The van der Waals surface area contributed by atoms with Crippen molar-refractivity contribution in [3.05, 3.63) is 0 Å². The first-order valence-corrected chi connectivity index (χ1v) is 8.88. The predicted octanol–water partition coefficient (Wildman–Crippen LogP) is -3.19. The normalized spacial score (nSPS) is 16.6. The highest BCUT2D eigenvalue weighted by Crippen LogP contribution is 2.04. The molecule has 8 N–H and O–H groups in total. The van der Waals surface area contributed by atoms with E-state index >= 15 is 0 Å². The molecule has 5 atom stereocenters. The number of carboxylic acids is 1. The summed E-state index contributed by atoms with van der Waals surface area (Å²) in [6.45, 7) is 3.76. The molecule has 0 aromatic carbocycles. The van der Waals surface area contributed by atoms with Crippen LogP contribution in [0.15, 0.2) is 0 Å². The number of hydrogen-bond acceptors (Lipinski definition) is 8. The number of carbonyl (C=O) groups is 4. The van der Waals surface area contributed by atoms with Gasteiger partial charge in [0.15, 0.2) is 0 Å². The highest BCUT2D eigenvalue weighted by Gasteiger charge is 2.31. The van der Waals surface area contributed by atoms with Gasteiger partial charge in [-0.1, -0.05) is 13.8 Å². The van der Waals surface area contributed by atoms with E-state index in [1.54, 1.807) is 13.8 Å². The van der Waals surface area contributed by atoms with Crippen molar-refractivity contribution < 1.29 is 34.5 Å². The maximum Gasteiger partial charge on any atom is 0.327 e. The number of rotatable bonds is 11. The molecule has 27 heavy (non-hydrogen) atoms. The minimum Gasteiger partial charge on any atom is -0.480 e. The first-order valence-electron chi connectivity index (χ1n) is 8.25. The van der Waals surface area contributed by atoms with Gasteiger partial charge >= 0.3 is 5.97 Å². The summed E-state index contributed by atoms with van der Waals surface area (Å²) in [5, 5.41) is 34.4. The van der Waals surface area contributed by atoms with Gasteiger partial charge in [0, 0.05) is 5.75 Å². The average molecular weight is 408 g/mol. The van der Waals surface area contributed by atoms with Crippen molar-refractivity contribution in [1.29, 1.82) is 0 Å². The van der Waals surface area contributed by atoms with Gasteiger partial charge < -0.3 is 37.0 Å². The van der Waals surface area contributed by atoms with Gasteiger partial charge in [-0.15, -0.1) is 0 Å². The fourth-order valence-electron chi connectivity index (χ4n) is 1.92. The molecule has 0 aliphatic carbocycles. The third-order valence-corrected chi connectivity index (χ3v) is 4.05. The molecule has 156 valence electrons. The average Bonchev–Trinajstić information content (AvgIpc) is 2.59. The molecule has 0 aromatic rings. The number of nitrogens with one attached hydrogen (secondary N) is 3. The zero-order valence-electron chi connectivity index (χ0n) is 15.4. The molecule has 0 saturated heterocycles. The molecule has 0 aliphatic heterocycles. The van der Waals surface area contributed by atoms with E-state index in [4.69, 9.17) is 10.8 Å². The summed E-state index contributed by atoms with van der Waals surface area (Å²) in [6, 6.07) is -5.06. The Morgan fingerprint density at radius 1 is 0.963 bits per heavy atom. The summed E-state index contributed by atoms with van der Waals surface area (Å²) in [7, 11) is 0. The lowest BCUT2D eigenvalue weighted by molar-refractivity contribution is -0.142. The minimum absolute atomic E-state index is 0.146. The van der Waals surface area contributed by atoms with Crippen LogP contribution in [0.3, 0.4) is 0 Å². The fraction of sp³-hybridized carbons (Fsp3) is 0.733. The van der Waals surface area contributed by atoms with Crippen LogP contribution in [0.25, 0.3) is 0 Å². The smallest absolute Gasteiger partial charge is 0.327 e. The van der Waals surface area contributed by atoms with E-state index in [-0.39, 0.29) is 5.75 Å². The first kappa shape index (κ1) is 25.1. The third-order valence-electron chi connectivity index (χ3n) is 3.68. The SMILES string of the molecule is CC(C)C(NC(=O)C(CO)NC(=O)C(N)C(C)O)C(=O)NC(CS)C(=O)O. The molecule has 3 amide bonds. The molecule has 0 saturated carbocycles. The Morgan fingerprint density at radius 3 is 1.85 bits per heavy atom. The summed E-state index contributed by atoms with van der Waals surface area (Å²) in [5.74, 6) is -4.31. The number of aliphatic hydroxyl groups is 2. The minimum atomic E-state index is -1.41. The van der Waals surface area contributed by atoms with Gasteiger partial charge in [-0.3, -0.25) is 14.4 Å². The number of nitrogens with two attached hydrogens (primary N) is 1. The maximum absolute atomic E-state index is 12.3. The van der Waals surface area contributed by atoms with Crippen molar-refractivity contribution >= 4 is 36.3 Å². The molecule has 0 heterocycles. The Balaban J connectivity index is 5.10. The molecule has 0 rings (SSSR count). The molecule has 11 nitrogen and oxygen atoms in total.